The second kappa shape index (κ2) is 8.50. The van der Waals surface area contributed by atoms with E-state index in [1.165, 1.54) is 0 Å². The van der Waals surface area contributed by atoms with E-state index in [0.717, 1.165) is 5.56 Å². The average molecular weight is 400 g/mol. The SMILES string of the molecule is N=C(N)c1ccc(CC(=O)NC2CCC3(CC2)CC(CC(=O)N=O)C(=O)O3)cc1. The minimum absolute atomic E-state index is 0.000596. The van der Waals surface area contributed by atoms with Gasteiger partial charge in [0.05, 0.1) is 12.3 Å². The lowest BCUT2D eigenvalue weighted by molar-refractivity contribution is -0.154. The minimum Gasteiger partial charge on any atom is -0.459 e. The van der Waals surface area contributed by atoms with E-state index in [-0.39, 0.29) is 30.6 Å². The van der Waals surface area contributed by atoms with Crippen molar-refractivity contribution in [3.63, 3.8) is 0 Å². The van der Waals surface area contributed by atoms with Gasteiger partial charge in [-0.3, -0.25) is 19.8 Å². The monoisotopic (exact) mass is 400 g/mol. The molecule has 4 N–H and O–H groups in total. The molecule has 2 aliphatic rings. The first-order valence-corrected chi connectivity index (χ1v) is 9.62. The molecule has 9 nitrogen and oxygen atoms in total. The number of hydrogen-bond acceptors (Lipinski definition) is 6. The number of benzene rings is 1. The van der Waals surface area contributed by atoms with Crippen LogP contribution in [0.5, 0.6) is 0 Å². The number of esters is 1. The van der Waals surface area contributed by atoms with Crippen molar-refractivity contribution >= 4 is 23.6 Å². The molecule has 1 spiro atoms. The van der Waals surface area contributed by atoms with Gasteiger partial charge in [0.1, 0.15) is 11.4 Å². The summed E-state index contributed by atoms with van der Waals surface area (Å²) in [5.74, 6) is -1.99. The summed E-state index contributed by atoms with van der Waals surface area (Å²) in [7, 11) is 0. The van der Waals surface area contributed by atoms with Gasteiger partial charge in [-0.2, -0.15) is 0 Å². The molecule has 1 aromatic rings. The van der Waals surface area contributed by atoms with Crippen molar-refractivity contribution < 1.29 is 19.1 Å². The minimum atomic E-state index is -0.832. The number of amides is 2. The first kappa shape index (κ1) is 20.6. The number of nitrogens with one attached hydrogen (secondary N) is 2. The second-order valence-corrected chi connectivity index (χ2v) is 7.82. The number of amidine groups is 1. The number of nitroso groups, excluding NO2 is 1. The highest BCUT2D eigenvalue weighted by molar-refractivity contribution is 5.95. The number of rotatable bonds is 6. The van der Waals surface area contributed by atoms with Gasteiger partial charge in [0, 0.05) is 29.6 Å². The molecule has 0 radical (unpaired) electrons. The number of nitrogen functional groups attached to an aromatic ring is 1. The molecule has 9 heteroatoms. The Morgan fingerprint density at radius 3 is 2.48 bits per heavy atom. The standard InChI is InChI=1S/C20H24N4O5/c21-18(22)13-3-1-12(2-4-13)9-16(25)23-15-5-7-20(8-6-15)11-14(19(27)29-20)10-17(26)24-28/h1-4,14-15H,5-11H2,(H3,21,22)(H,23,25). The first-order chi connectivity index (χ1) is 13.8. The molecule has 1 unspecified atom stereocenters. The highest BCUT2D eigenvalue weighted by atomic mass is 16.6. The van der Waals surface area contributed by atoms with Crippen LogP contribution < -0.4 is 11.1 Å². The van der Waals surface area contributed by atoms with Gasteiger partial charge in [-0.1, -0.05) is 24.3 Å². The summed E-state index contributed by atoms with van der Waals surface area (Å²) in [6, 6.07) is 6.98. The van der Waals surface area contributed by atoms with Crippen LogP contribution in [0.25, 0.3) is 0 Å². The summed E-state index contributed by atoms with van der Waals surface area (Å²) in [5.41, 5.74) is 6.27. The van der Waals surface area contributed by atoms with Gasteiger partial charge in [0.15, 0.2) is 0 Å². The second-order valence-electron chi connectivity index (χ2n) is 7.82. The molecule has 1 heterocycles. The van der Waals surface area contributed by atoms with Crippen LogP contribution in [0.15, 0.2) is 29.4 Å². The quantitative estimate of drug-likeness (QED) is 0.285. The molecule has 29 heavy (non-hydrogen) atoms. The fraction of sp³-hybridized carbons (Fsp3) is 0.500. The highest BCUT2D eigenvalue weighted by Gasteiger charge is 2.49. The van der Waals surface area contributed by atoms with Crippen molar-refractivity contribution in [3.8, 4) is 0 Å². The summed E-state index contributed by atoms with van der Waals surface area (Å²) in [5, 5.41) is 12.8. The van der Waals surface area contributed by atoms with Gasteiger partial charge in [0.25, 0.3) is 5.91 Å². The topological polar surface area (TPSA) is 152 Å². The number of nitrogens with two attached hydrogens (primary N) is 1. The number of ether oxygens (including phenoxy) is 1. The van der Waals surface area contributed by atoms with E-state index in [0.29, 0.717) is 37.7 Å². The summed E-state index contributed by atoms with van der Waals surface area (Å²) < 4.78 is 5.55. The number of nitrogens with zero attached hydrogens (tertiary/aromatic N) is 1. The van der Waals surface area contributed by atoms with E-state index in [1.54, 1.807) is 24.3 Å². The smallest absolute Gasteiger partial charge is 0.310 e. The van der Waals surface area contributed by atoms with Gasteiger partial charge in [-0.05, 0) is 31.2 Å². The molecule has 2 fully saturated rings. The van der Waals surface area contributed by atoms with Crippen molar-refractivity contribution in [2.75, 3.05) is 0 Å². The summed E-state index contributed by atoms with van der Waals surface area (Å²) in [4.78, 5) is 45.8. The third-order valence-electron chi connectivity index (χ3n) is 5.68. The van der Waals surface area contributed by atoms with E-state index >= 15 is 0 Å². The van der Waals surface area contributed by atoms with Gasteiger partial charge in [0.2, 0.25) is 5.91 Å². The molecule has 154 valence electrons. The van der Waals surface area contributed by atoms with Gasteiger partial charge < -0.3 is 15.8 Å². The van der Waals surface area contributed by atoms with Crippen molar-refractivity contribution in [1.29, 1.82) is 5.41 Å². The van der Waals surface area contributed by atoms with E-state index in [1.807, 2.05) is 0 Å². The Kier molecular flexibility index (Phi) is 6.05. The molecule has 1 aromatic carbocycles. The molecule has 0 aromatic heterocycles. The molecule has 1 saturated carbocycles. The first-order valence-electron chi connectivity index (χ1n) is 9.62. The largest absolute Gasteiger partial charge is 0.459 e. The molecule has 1 aliphatic heterocycles. The third kappa shape index (κ3) is 5.04. The number of carbonyl (C=O) groups is 3. The Morgan fingerprint density at radius 2 is 1.90 bits per heavy atom. The fourth-order valence-corrected chi connectivity index (χ4v) is 4.14. The van der Waals surface area contributed by atoms with E-state index < -0.39 is 23.4 Å². The molecule has 2 amide bonds. The van der Waals surface area contributed by atoms with Crippen LogP contribution in [0.4, 0.5) is 0 Å². The normalized spacial score (nSPS) is 26.0. The van der Waals surface area contributed by atoms with Crippen LogP contribution in [0.2, 0.25) is 0 Å². The average Bonchev–Trinajstić information content (AvgIpc) is 2.99. The third-order valence-corrected chi connectivity index (χ3v) is 5.68. The van der Waals surface area contributed by atoms with Crippen LogP contribution in [-0.2, 0) is 25.5 Å². The molecule has 1 saturated heterocycles. The highest BCUT2D eigenvalue weighted by Crippen LogP contribution is 2.43. The van der Waals surface area contributed by atoms with Crippen molar-refractivity contribution in [3.05, 3.63) is 40.3 Å². The summed E-state index contributed by atoms with van der Waals surface area (Å²) in [6.45, 7) is 0. The zero-order valence-electron chi connectivity index (χ0n) is 16.0. The molecular weight excluding hydrogens is 376 g/mol. The lowest BCUT2D eigenvalue weighted by Crippen LogP contribution is -2.43. The van der Waals surface area contributed by atoms with Crippen LogP contribution >= 0.6 is 0 Å². The molecule has 0 bridgehead atoms. The van der Waals surface area contributed by atoms with E-state index in [2.05, 4.69) is 10.5 Å². The lowest BCUT2D eigenvalue weighted by Gasteiger charge is -2.36. The Labute approximate surface area is 167 Å². The van der Waals surface area contributed by atoms with Gasteiger partial charge in [-0.15, -0.1) is 4.91 Å². The van der Waals surface area contributed by atoms with E-state index in [9.17, 15) is 19.3 Å². The predicted octanol–water partition coefficient (Wildman–Crippen LogP) is 1.56. The molecular formula is C20H24N4O5. The van der Waals surface area contributed by atoms with Gasteiger partial charge >= 0.3 is 5.97 Å². The Balaban J connectivity index is 1.47. The number of carbonyl (C=O) groups excluding carboxylic acids is 3. The molecule has 3 rings (SSSR count). The lowest BCUT2D eigenvalue weighted by atomic mass is 9.78. The van der Waals surface area contributed by atoms with Crippen LogP contribution in [0.3, 0.4) is 0 Å². The van der Waals surface area contributed by atoms with E-state index in [4.69, 9.17) is 15.9 Å². The summed E-state index contributed by atoms with van der Waals surface area (Å²) >= 11 is 0. The molecule has 1 aliphatic carbocycles. The van der Waals surface area contributed by atoms with Crippen molar-refractivity contribution in [1.82, 2.24) is 5.32 Å². The molecule has 1 atom stereocenters. The van der Waals surface area contributed by atoms with Crippen molar-refractivity contribution in [2.45, 2.75) is 56.6 Å². The zero-order valence-corrected chi connectivity index (χ0v) is 16.0. The Morgan fingerprint density at radius 1 is 1.24 bits per heavy atom. The summed E-state index contributed by atoms with van der Waals surface area (Å²) in [6.07, 6.45) is 3.01. The van der Waals surface area contributed by atoms with Crippen molar-refractivity contribution in [2.24, 2.45) is 16.8 Å². The maximum atomic E-state index is 12.3. The van der Waals surface area contributed by atoms with Crippen LogP contribution in [-0.4, -0.2) is 35.3 Å². The van der Waals surface area contributed by atoms with Gasteiger partial charge in [-0.25, -0.2) is 0 Å². The zero-order chi connectivity index (χ0) is 21.0. The van der Waals surface area contributed by atoms with Crippen LogP contribution in [0.1, 0.15) is 49.7 Å². The Bertz CT molecular complexity index is 828. The predicted molar refractivity (Wildman–Crippen MR) is 104 cm³/mol. The fourth-order valence-electron chi connectivity index (χ4n) is 4.14. The number of hydrogen-bond donors (Lipinski definition) is 3. The maximum Gasteiger partial charge on any atom is 0.310 e. The Hall–Kier alpha value is -3.10. The maximum absolute atomic E-state index is 12.3. The van der Waals surface area contributed by atoms with Crippen LogP contribution in [0, 0.1) is 16.2 Å².